The van der Waals surface area contributed by atoms with E-state index in [0.717, 1.165) is 18.5 Å². The molecule has 2 saturated heterocycles. The number of nitrogen functional groups attached to an aromatic ring is 1. The normalized spacial score (nSPS) is 26.4. The number of rotatable bonds is 2. The predicted octanol–water partition coefficient (Wildman–Crippen LogP) is 1.54. The molecule has 1 amide bonds. The highest BCUT2D eigenvalue weighted by atomic mass is 16.1. The van der Waals surface area contributed by atoms with Crippen LogP contribution in [0.4, 0.5) is 5.69 Å². The Morgan fingerprint density at radius 1 is 1.37 bits per heavy atom. The van der Waals surface area contributed by atoms with Crippen LogP contribution in [0.1, 0.15) is 35.2 Å². The quantitative estimate of drug-likeness (QED) is 0.792. The van der Waals surface area contributed by atoms with Crippen LogP contribution in [0.2, 0.25) is 0 Å². The molecule has 2 heterocycles. The number of benzene rings is 1. The van der Waals surface area contributed by atoms with Gasteiger partial charge in [-0.25, -0.2) is 0 Å². The summed E-state index contributed by atoms with van der Waals surface area (Å²) in [6.07, 6.45) is 3.51. The molecule has 0 bridgehead atoms. The standard InChI is InChI=1S/C15H21N3O/c1-10-4-5-11(12(16)9-10)15(19)17-13-6-8-18-7-2-3-14(13)18/h4-5,9,13-14H,2-3,6-8,16H2,1H3,(H,17,19). The van der Waals surface area contributed by atoms with Gasteiger partial charge in [0.2, 0.25) is 0 Å². The van der Waals surface area contributed by atoms with Crippen molar-refractivity contribution in [2.45, 2.75) is 38.3 Å². The van der Waals surface area contributed by atoms with Gasteiger partial charge in [0, 0.05) is 24.3 Å². The molecule has 0 saturated carbocycles. The molecule has 1 aromatic carbocycles. The molecule has 2 fully saturated rings. The van der Waals surface area contributed by atoms with E-state index in [2.05, 4.69) is 10.2 Å². The van der Waals surface area contributed by atoms with E-state index in [-0.39, 0.29) is 11.9 Å². The van der Waals surface area contributed by atoms with E-state index in [9.17, 15) is 4.79 Å². The lowest BCUT2D eigenvalue weighted by atomic mass is 10.0. The van der Waals surface area contributed by atoms with Gasteiger partial charge in [-0.3, -0.25) is 9.69 Å². The van der Waals surface area contributed by atoms with Crippen molar-refractivity contribution in [3.8, 4) is 0 Å². The number of anilines is 1. The molecule has 4 nitrogen and oxygen atoms in total. The minimum Gasteiger partial charge on any atom is -0.398 e. The summed E-state index contributed by atoms with van der Waals surface area (Å²) >= 11 is 0. The van der Waals surface area contributed by atoms with Gasteiger partial charge in [0.25, 0.3) is 5.91 Å². The van der Waals surface area contributed by atoms with Crippen molar-refractivity contribution in [1.82, 2.24) is 10.2 Å². The highest BCUT2D eigenvalue weighted by Crippen LogP contribution is 2.28. The van der Waals surface area contributed by atoms with Gasteiger partial charge in [-0.1, -0.05) is 6.07 Å². The van der Waals surface area contributed by atoms with Crippen molar-refractivity contribution in [3.05, 3.63) is 29.3 Å². The van der Waals surface area contributed by atoms with E-state index in [0.29, 0.717) is 17.3 Å². The summed E-state index contributed by atoms with van der Waals surface area (Å²) < 4.78 is 0. The fourth-order valence-electron chi connectivity index (χ4n) is 3.39. The molecule has 0 radical (unpaired) electrons. The molecule has 2 aliphatic rings. The van der Waals surface area contributed by atoms with Gasteiger partial charge in [-0.2, -0.15) is 0 Å². The Hall–Kier alpha value is -1.55. The summed E-state index contributed by atoms with van der Waals surface area (Å²) in [6, 6.07) is 6.43. The number of nitrogens with one attached hydrogen (secondary N) is 1. The number of hydrogen-bond acceptors (Lipinski definition) is 3. The Kier molecular flexibility index (Phi) is 3.19. The average Bonchev–Trinajstić information content (AvgIpc) is 2.94. The molecule has 3 N–H and O–H groups in total. The lowest BCUT2D eigenvalue weighted by Crippen LogP contribution is -2.42. The number of carbonyl (C=O) groups excluding carboxylic acids is 1. The zero-order valence-electron chi connectivity index (χ0n) is 11.4. The molecule has 2 atom stereocenters. The summed E-state index contributed by atoms with van der Waals surface area (Å²) in [5, 5.41) is 3.17. The summed E-state index contributed by atoms with van der Waals surface area (Å²) in [5.74, 6) is -0.0312. The minimum absolute atomic E-state index is 0.0312. The predicted molar refractivity (Wildman–Crippen MR) is 76.1 cm³/mol. The lowest BCUT2D eigenvalue weighted by molar-refractivity contribution is 0.0930. The van der Waals surface area contributed by atoms with Gasteiger partial charge >= 0.3 is 0 Å². The Labute approximate surface area is 114 Å². The Bertz CT molecular complexity index is 500. The maximum absolute atomic E-state index is 12.3. The van der Waals surface area contributed by atoms with Gasteiger partial charge in [-0.05, 0) is 50.4 Å². The number of carbonyl (C=O) groups is 1. The van der Waals surface area contributed by atoms with E-state index in [1.807, 2.05) is 25.1 Å². The highest BCUT2D eigenvalue weighted by molar-refractivity contribution is 5.99. The first-order valence-electron chi connectivity index (χ1n) is 7.06. The maximum atomic E-state index is 12.3. The van der Waals surface area contributed by atoms with Crippen LogP contribution >= 0.6 is 0 Å². The molecule has 102 valence electrons. The smallest absolute Gasteiger partial charge is 0.253 e. The van der Waals surface area contributed by atoms with Crippen LogP contribution in [0.25, 0.3) is 0 Å². The van der Waals surface area contributed by atoms with Crippen LogP contribution in [0, 0.1) is 6.92 Å². The highest BCUT2D eigenvalue weighted by Gasteiger charge is 2.37. The van der Waals surface area contributed by atoms with Crippen molar-refractivity contribution in [2.24, 2.45) is 0 Å². The summed E-state index contributed by atoms with van der Waals surface area (Å²) in [4.78, 5) is 14.8. The largest absolute Gasteiger partial charge is 0.398 e. The van der Waals surface area contributed by atoms with Crippen molar-refractivity contribution >= 4 is 11.6 Å². The Morgan fingerprint density at radius 2 is 2.21 bits per heavy atom. The first-order chi connectivity index (χ1) is 9.15. The number of fused-ring (bicyclic) bond motifs is 1. The van der Waals surface area contributed by atoms with Gasteiger partial charge in [0.15, 0.2) is 0 Å². The first kappa shape index (κ1) is 12.5. The SMILES string of the molecule is Cc1ccc(C(=O)NC2CCN3CCCC23)c(N)c1. The third-order valence-corrected chi connectivity index (χ3v) is 4.37. The Balaban J connectivity index is 1.71. The van der Waals surface area contributed by atoms with E-state index >= 15 is 0 Å². The zero-order chi connectivity index (χ0) is 13.4. The zero-order valence-corrected chi connectivity index (χ0v) is 11.4. The van der Waals surface area contributed by atoms with Crippen LogP contribution in [-0.4, -0.2) is 36.0 Å². The average molecular weight is 259 g/mol. The number of aryl methyl sites for hydroxylation is 1. The first-order valence-corrected chi connectivity index (χ1v) is 7.06. The van der Waals surface area contributed by atoms with Crippen molar-refractivity contribution in [3.63, 3.8) is 0 Å². The van der Waals surface area contributed by atoms with Crippen LogP contribution in [0.15, 0.2) is 18.2 Å². The second-order valence-electron chi connectivity index (χ2n) is 5.70. The van der Waals surface area contributed by atoms with Crippen molar-refractivity contribution in [1.29, 1.82) is 0 Å². The summed E-state index contributed by atoms with van der Waals surface area (Å²) in [6.45, 7) is 4.27. The van der Waals surface area contributed by atoms with Gasteiger partial charge in [-0.15, -0.1) is 0 Å². The molecule has 0 aromatic heterocycles. The molecular weight excluding hydrogens is 238 g/mol. The third-order valence-electron chi connectivity index (χ3n) is 4.37. The van der Waals surface area contributed by atoms with Crippen molar-refractivity contribution in [2.75, 3.05) is 18.8 Å². The number of nitrogens with two attached hydrogens (primary N) is 1. The second-order valence-corrected chi connectivity index (χ2v) is 5.70. The lowest BCUT2D eigenvalue weighted by Gasteiger charge is -2.21. The molecule has 0 aliphatic carbocycles. The van der Waals surface area contributed by atoms with Crippen LogP contribution < -0.4 is 11.1 Å². The van der Waals surface area contributed by atoms with Gasteiger partial charge < -0.3 is 11.1 Å². The minimum atomic E-state index is -0.0312. The molecule has 0 spiro atoms. The molecular formula is C15H21N3O. The molecule has 3 rings (SSSR count). The van der Waals surface area contributed by atoms with E-state index in [4.69, 9.17) is 5.73 Å². The topological polar surface area (TPSA) is 58.4 Å². The number of hydrogen-bond donors (Lipinski definition) is 2. The summed E-state index contributed by atoms with van der Waals surface area (Å²) in [5.41, 5.74) is 8.18. The van der Waals surface area contributed by atoms with Gasteiger partial charge in [0.1, 0.15) is 0 Å². The second kappa shape index (κ2) is 4.85. The molecule has 19 heavy (non-hydrogen) atoms. The van der Waals surface area contributed by atoms with Crippen molar-refractivity contribution < 1.29 is 4.79 Å². The van der Waals surface area contributed by atoms with Crippen LogP contribution in [0.3, 0.4) is 0 Å². The van der Waals surface area contributed by atoms with Crippen LogP contribution in [-0.2, 0) is 0 Å². The van der Waals surface area contributed by atoms with Crippen LogP contribution in [0.5, 0.6) is 0 Å². The summed E-state index contributed by atoms with van der Waals surface area (Å²) in [7, 11) is 0. The molecule has 1 aromatic rings. The molecule has 4 heteroatoms. The number of amides is 1. The van der Waals surface area contributed by atoms with E-state index in [1.54, 1.807) is 0 Å². The van der Waals surface area contributed by atoms with E-state index in [1.165, 1.54) is 19.4 Å². The molecule has 2 unspecified atom stereocenters. The van der Waals surface area contributed by atoms with Gasteiger partial charge in [0.05, 0.1) is 5.56 Å². The Morgan fingerprint density at radius 3 is 3.00 bits per heavy atom. The fraction of sp³-hybridized carbons (Fsp3) is 0.533. The number of nitrogens with zero attached hydrogens (tertiary/aromatic N) is 1. The monoisotopic (exact) mass is 259 g/mol. The maximum Gasteiger partial charge on any atom is 0.253 e. The van der Waals surface area contributed by atoms with E-state index < -0.39 is 0 Å². The fourth-order valence-corrected chi connectivity index (χ4v) is 3.39. The third kappa shape index (κ3) is 2.32. The molecule has 2 aliphatic heterocycles.